The molecule has 82 valence electrons. The van der Waals surface area contributed by atoms with Crippen molar-refractivity contribution in [3.63, 3.8) is 0 Å². The molecule has 1 heterocycles. The number of thioether (sulfide) groups is 1. The largest absolute Gasteiger partial charge is 0.265 e. The summed E-state index contributed by atoms with van der Waals surface area (Å²) in [5, 5.41) is 0. The van der Waals surface area contributed by atoms with Crippen molar-refractivity contribution in [1.82, 2.24) is 4.98 Å². The highest BCUT2D eigenvalue weighted by Crippen LogP contribution is 2.18. The third kappa shape index (κ3) is 3.70. The summed E-state index contributed by atoms with van der Waals surface area (Å²) in [6, 6.07) is 14.8. The van der Waals surface area contributed by atoms with Gasteiger partial charge in [-0.2, -0.15) is 0 Å². The van der Waals surface area contributed by atoms with Crippen LogP contribution in [0.3, 0.4) is 0 Å². The molecular formula is C14H15NS. The zero-order chi connectivity index (χ0) is 11.1. The number of benzene rings is 1. The van der Waals surface area contributed by atoms with Crippen molar-refractivity contribution in [2.45, 2.75) is 17.7 Å². The first kappa shape index (κ1) is 11.2. The first-order valence-corrected chi connectivity index (χ1v) is 6.50. The average Bonchev–Trinajstić information content (AvgIpc) is 2.37. The fourth-order valence-corrected chi connectivity index (χ4v) is 2.38. The number of aromatic nitrogens is 1. The first-order valence-electron chi connectivity index (χ1n) is 5.52. The minimum Gasteiger partial charge on any atom is -0.265 e. The lowest BCUT2D eigenvalue weighted by Crippen LogP contribution is -1.87. The van der Waals surface area contributed by atoms with Gasteiger partial charge >= 0.3 is 0 Å². The normalized spacial score (nSPS) is 10.2. The molecule has 1 nitrogen and oxygen atoms in total. The van der Waals surface area contributed by atoms with E-state index in [1.54, 1.807) is 0 Å². The Morgan fingerprint density at radius 2 is 1.69 bits per heavy atom. The van der Waals surface area contributed by atoms with Gasteiger partial charge in [0.2, 0.25) is 0 Å². The summed E-state index contributed by atoms with van der Waals surface area (Å²) in [6.45, 7) is 0. The van der Waals surface area contributed by atoms with E-state index in [1.165, 1.54) is 29.1 Å². The van der Waals surface area contributed by atoms with E-state index in [2.05, 4.69) is 47.4 Å². The summed E-state index contributed by atoms with van der Waals surface area (Å²) in [5.74, 6) is 1.17. The van der Waals surface area contributed by atoms with E-state index in [1.807, 2.05) is 24.2 Å². The smallest absolute Gasteiger partial charge is 0.0278 e. The minimum atomic E-state index is 1.17. The van der Waals surface area contributed by atoms with Crippen LogP contribution in [-0.4, -0.2) is 10.7 Å². The van der Waals surface area contributed by atoms with E-state index in [-0.39, 0.29) is 0 Å². The van der Waals surface area contributed by atoms with Gasteiger partial charge in [-0.15, -0.1) is 11.8 Å². The van der Waals surface area contributed by atoms with Crippen LogP contribution >= 0.6 is 11.8 Å². The van der Waals surface area contributed by atoms with Gasteiger partial charge in [0.05, 0.1) is 0 Å². The Hall–Kier alpha value is -1.28. The van der Waals surface area contributed by atoms with Crippen molar-refractivity contribution in [2.75, 3.05) is 5.75 Å². The second-order valence-corrected chi connectivity index (χ2v) is 4.79. The van der Waals surface area contributed by atoms with Crippen LogP contribution in [0.4, 0.5) is 0 Å². The van der Waals surface area contributed by atoms with Crippen molar-refractivity contribution in [2.24, 2.45) is 0 Å². The molecule has 0 atom stereocenters. The molecule has 2 heteroatoms. The van der Waals surface area contributed by atoms with Crippen LogP contribution in [0.1, 0.15) is 12.0 Å². The highest BCUT2D eigenvalue weighted by Gasteiger charge is 1.94. The Labute approximate surface area is 101 Å². The van der Waals surface area contributed by atoms with Crippen molar-refractivity contribution >= 4 is 11.8 Å². The standard InChI is InChI=1S/C14H15NS/c1-2-5-13(6-3-1)7-4-12-16-14-8-10-15-11-9-14/h1-3,5-6,8-11H,4,7,12H2. The van der Waals surface area contributed by atoms with Gasteiger partial charge in [-0.3, -0.25) is 4.98 Å². The maximum atomic E-state index is 4.01. The molecule has 0 aliphatic heterocycles. The fourth-order valence-electron chi connectivity index (χ4n) is 1.55. The van der Waals surface area contributed by atoms with Crippen molar-refractivity contribution < 1.29 is 0 Å². The van der Waals surface area contributed by atoms with Crippen LogP contribution in [-0.2, 0) is 6.42 Å². The van der Waals surface area contributed by atoms with E-state index in [9.17, 15) is 0 Å². The Morgan fingerprint density at radius 1 is 0.938 bits per heavy atom. The van der Waals surface area contributed by atoms with E-state index in [0.29, 0.717) is 0 Å². The van der Waals surface area contributed by atoms with Crippen LogP contribution < -0.4 is 0 Å². The number of hydrogen-bond donors (Lipinski definition) is 0. The zero-order valence-corrected chi connectivity index (χ0v) is 9.99. The molecule has 2 aromatic rings. The third-order valence-corrected chi connectivity index (χ3v) is 3.47. The lowest BCUT2D eigenvalue weighted by molar-refractivity contribution is 0.933. The van der Waals surface area contributed by atoms with E-state index in [4.69, 9.17) is 0 Å². The highest BCUT2D eigenvalue weighted by molar-refractivity contribution is 7.99. The van der Waals surface area contributed by atoms with Crippen molar-refractivity contribution in [1.29, 1.82) is 0 Å². The first-order chi connectivity index (χ1) is 7.95. The minimum absolute atomic E-state index is 1.17. The van der Waals surface area contributed by atoms with Gasteiger partial charge in [0, 0.05) is 17.3 Å². The molecule has 0 unspecified atom stereocenters. The molecule has 0 aliphatic carbocycles. The fraction of sp³-hybridized carbons (Fsp3) is 0.214. The highest BCUT2D eigenvalue weighted by atomic mass is 32.2. The Balaban J connectivity index is 1.70. The third-order valence-electron chi connectivity index (χ3n) is 2.37. The topological polar surface area (TPSA) is 12.9 Å². The van der Waals surface area contributed by atoms with Crippen molar-refractivity contribution in [3.8, 4) is 0 Å². The number of nitrogens with zero attached hydrogens (tertiary/aromatic N) is 1. The maximum absolute atomic E-state index is 4.01. The van der Waals surface area contributed by atoms with Crippen molar-refractivity contribution in [3.05, 3.63) is 60.4 Å². The molecule has 2 rings (SSSR count). The molecule has 0 saturated carbocycles. The second kappa shape index (κ2) is 6.33. The number of rotatable bonds is 5. The molecule has 0 aliphatic rings. The molecule has 0 saturated heterocycles. The predicted molar refractivity (Wildman–Crippen MR) is 69.7 cm³/mol. The Kier molecular flexibility index (Phi) is 4.44. The van der Waals surface area contributed by atoms with Crippen LogP contribution in [0.2, 0.25) is 0 Å². The lowest BCUT2D eigenvalue weighted by Gasteiger charge is -2.01. The Bertz CT molecular complexity index is 358. The van der Waals surface area contributed by atoms with Crippen LogP contribution in [0, 0.1) is 0 Å². The number of hydrogen-bond acceptors (Lipinski definition) is 2. The monoisotopic (exact) mass is 229 g/mol. The van der Waals surface area contributed by atoms with Gasteiger partial charge in [-0.05, 0) is 36.3 Å². The predicted octanol–water partition coefficient (Wildman–Crippen LogP) is 3.81. The summed E-state index contributed by atoms with van der Waals surface area (Å²) < 4.78 is 0. The molecule has 0 spiro atoms. The second-order valence-electron chi connectivity index (χ2n) is 3.62. The summed E-state index contributed by atoms with van der Waals surface area (Å²) in [7, 11) is 0. The van der Waals surface area contributed by atoms with Gasteiger partial charge in [-0.25, -0.2) is 0 Å². The molecule has 0 radical (unpaired) electrons. The maximum Gasteiger partial charge on any atom is 0.0278 e. The quantitative estimate of drug-likeness (QED) is 0.571. The number of aryl methyl sites for hydroxylation is 1. The molecule has 0 N–H and O–H groups in total. The molecule has 16 heavy (non-hydrogen) atoms. The van der Waals surface area contributed by atoms with Gasteiger partial charge in [0.25, 0.3) is 0 Å². The van der Waals surface area contributed by atoms with Gasteiger partial charge in [-0.1, -0.05) is 30.3 Å². The molecular weight excluding hydrogens is 214 g/mol. The van der Waals surface area contributed by atoms with Gasteiger partial charge in [0.15, 0.2) is 0 Å². The summed E-state index contributed by atoms with van der Waals surface area (Å²) in [6.07, 6.45) is 6.08. The summed E-state index contributed by atoms with van der Waals surface area (Å²) >= 11 is 1.90. The summed E-state index contributed by atoms with van der Waals surface area (Å²) in [4.78, 5) is 5.32. The van der Waals surface area contributed by atoms with Crippen LogP contribution in [0.5, 0.6) is 0 Å². The van der Waals surface area contributed by atoms with E-state index < -0.39 is 0 Å². The lowest BCUT2D eigenvalue weighted by atomic mass is 10.1. The molecule has 1 aromatic carbocycles. The number of pyridine rings is 1. The Morgan fingerprint density at radius 3 is 2.44 bits per heavy atom. The zero-order valence-electron chi connectivity index (χ0n) is 9.17. The molecule has 0 bridgehead atoms. The molecule has 0 amide bonds. The SMILES string of the molecule is c1ccc(CCCSc2ccncc2)cc1. The van der Waals surface area contributed by atoms with E-state index >= 15 is 0 Å². The van der Waals surface area contributed by atoms with Gasteiger partial charge < -0.3 is 0 Å². The van der Waals surface area contributed by atoms with Crippen LogP contribution in [0.15, 0.2) is 59.8 Å². The molecule has 0 fully saturated rings. The average molecular weight is 229 g/mol. The van der Waals surface area contributed by atoms with Gasteiger partial charge in [0.1, 0.15) is 0 Å². The molecule has 1 aromatic heterocycles. The summed E-state index contributed by atoms with van der Waals surface area (Å²) in [5.41, 5.74) is 1.43. The van der Waals surface area contributed by atoms with Crippen LogP contribution in [0.25, 0.3) is 0 Å². The van der Waals surface area contributed by atoms with E-state index in [0.717, 1.165) is 0 Å².